The van der Waals surface area contributed by atoms with Crippen molar-refractivity contribution in [2.75, 3.05) is 5.73 Å². The van der Waals surface area contributed by atoms with Crippen LogP contribution in [0.5, 0.6) is 11.5 Å². The fourth-order valence-electron chi connectivity index (χ4n) is 5.29. The van der Waals surface area contributed by atoms with E-state index in [-0.39, 0.29) is 21.5 Å². The van der Waals surface area contributed by atoms with Crippen LogP contribution in [0.2, 0.25) is 0 Å². The molecule has 6 rings (SSSR count). The number of rotatable bonds is 3. The molecule has 0 unspecified atom stereocenters. The van der Waals surface area contributed by atoms with Gasteiger partial charge in [0.1, 0.15) is 21.3 Å². The number of phenols is 2. The van der Waals surface area contributed by atoms with E-state index in [1.165, 1.54) is 48.5 Å². The van der Waals surface area contributed by atoms with Crippen LogP contribution in [0, 0.1) is 15.8 Å². The number of hydrogen-bond donors (Lipinski definition) is 6. The van der Waals surface area contributed by atoms with Crippen LogP contribution in [0.25, 0.3) is 32.3 Å². The van der Waals surface area contributed by atoms with Crippen molar-refractivity contribution in [3.63, 3.8) is 0 Å². The summed E-state index contributed by atoms with van der Waals surface area (Å²) >= 11 is 0. The number of phenolic OH excluding ortho intramolecular Hbond substituents is 2. The van der Waals surface area contributed by atoms with E-state index in [9.17, 15) is 45.7 Å². The minimum absolute atomic E-state index is 0.0320. The molecule has 0 spiro atoms. The van der Waals surface area contributed by atoms with E-state index in [0.717, 1.165) is 0 Å². The van der Waals surface area contributed by atoms with E-state index in [1.807, 2.05) is 0 Å². The van der Waals surface area contributed by atoms with Gasteiger partial charge in [-0.25, -0.2) is 4.99 Å². The Labute approximate surface area is 239 Å². The fraction of sp³-hybridized carbons (Fsp3) is 0. The summed E-state index contributed by atoms with van der Waals surface area (Å²) in [6.45, 7) is 0. The Hall–Kier alpha value is -5.22. The van der Waals surface area contributed by atoms with Crippen molar-refractivity contribution < 1.29 is 36.2 Å². The maximum absolute atomic E-state index is 13.7. The molecule has 0 radical (unpaired) electrons. The van der Waals surface area contributed by atoms with E-state index in [2.05, 4.69) is 4.99 Å². The molecule has 2 aliphatic rings. The molecule has 0 atom stereocenters. The number of nitrogens with zero attached hydrogens (tertiary/aromatic N) is 1. The first-order chi connectivity index (χ1) is 20.1. The number of benzene rings is 4. The first kappa shape index (κ1) is 27.9. The summed E-state index contributed by atoms with van der Waals surface area (Å²) in [5, 5.41) is 26.9. The highest BCUT2D eigenvalue weighted by molar-refractivity contribution is 7.86. The summed E-state index contributed by atoms with van der Waals surface area (Å²) in [4.78, 5) is 29.2. The van der Waals surface area contributed by atoms with Gasteiger partial charge in [-0.15, -0.1) is 0 Å². The monoisotopic (exact) mass is 619 g/mol. The molecule has 0 aromatic heterocycles. The molecule has 0 saturated carbocycles. The van der Waals surface area contributed by atoms with Crippen LogP contribution in [0.3, 0.4) is 0 Å². The SMILES string of the molecule is N=c1cc(S(=O)(=O)O)c(=Nc2cc(S(=O)(=O)O)c(N)c3c(O)c4ccccc4c(O)c23)c2c(=O)c3ccccc3c(=O)c1=2. The quantitative estimate of drug-likeness (QED) is 0.0719. The summed E-state index contributed by atoms with van der Waals surface area (Å²) in [5.74, 6) is -1.22. The molecule has 0 fully saturated rings. The molecule has 4 aromatic rings. The molecule has 0 amide bonds. The molecule has 0 saturated heterocycles. The van der Waals surface area contributed by atoms with Crippen molar-refractivity contribution in [2.45, 2.75) is 9.79 Å². The minimum Gasteiger partial charge on any atom is -0.507 e. The van der Waals surface area contributed by atoms with Crippen LogP contribution in [0.15, 0.2) is 85.0 Å². The Balaban J connectivity index is 2.02. The molecule has 15 heteroatoms. The van der Waals surface area contributed by atoms with Gasteiger partial charge in [0, 0.05) is 21.5 Å². The Bertz CT molecular complexity index is 2770. The lowest BCUT2D eigenvalue weighted by Crippen LogP contribution is -2.32. The summed E-state index contributed by atoms with van der Waals surface area (Å²) in [7, 11) is -10.4. The molecule has 216 valence electrons. The average molecular weight is 620 g/mol. The lowest BCUT2D eigenvalue weighted by Gasteiger charge is -2.15. The van der Waals surface area contributed by atoms with Crippen molar-refractivity contribution in [3.8, 4) is 11.5 Å². The van der Waals surface area contributed by atoms with Gasteiger partial charge < -0.3 is 21.4 Å². The number of hydrogen-bond acceptors (Lipinski definition) is 11. The molecule has 43 heavy (non-hydrogen) atoms. The normalized spacial score (nSPS) is 13.0. The van der Waals surface area contributed by atoms with Gasteiger partial charge in [0.25, 0.3) is 20.2 Å². The maximum Gasteiger partial charge on any atom is 0.296 e. The molecule has 0 bridgehead atoms. The predicted octanol–water partition coefficient (Wildman–Crippen LogP) is 1.67. The summed E-state index contributed by atoms with van der Waals surface area (Å²) in [5.41, 5.74) is 2.97. The smallest absolute Gasteiger partial charge is 0.296 e. The van der Waals surface area contributed by atoms with Crippen LogP contribution in [-0.2, 0) is 20.2 Å². The van der Waals surface area contributed by atoms with Crippen LogP contribution < -0.4 is 27.3 Å². The third kappa shape index (κ3) is 4.05. The molecular weight excluding hydrogens is 602 g/mol. The van der Waals surface area contributed by atoms with Crippen LogP contribution in [-0.4, -0.2) is 36.2 Å². The average Bonchev–Trinajstić information content (AvgIpc) is 2.94. The lowest BCUT2D eigenvalue weighted by molar-refractivity contribution is 0.477. The van der Waals surface area contributed by atoms with E-state index in [4.69, 9.17) is 11.1 Å². The highest BCUT2D eigenvalue weighted by atomic mass is 32.2. The summed E-state index contributed by atoms with van der Waals surface area (Å²) in [6, 6.07) is 12.6. The van der Waals surface area contributed by atoms with Crippen molar-refractivity contribution in [2.24, 2.45) is 4.99 Å². The summed E-state index contributed by atoms with van der Waals surface area (Å²) < 4.78 is 69.7. The maximum atomic E-state index is 13.7. The van der Waals surface area contributed by atoms with E-state index in [1.54, 1.807) is 0 Å². The van der Waals surface area contributed by atoms with Gasteiger partial charge >= 0.3 is 0 Å². The highest BCUT2D eigenvalue weighted by Gasteiger charge is 2.26. The number of anilines is 1. The van der Waals surface area contributed by atoms with Crippen molar-refractivity contribution in [1.82, 2.24) is 0 Å². The summed E-state index contributed by atoms with van der Waals surface area (Å²) in [6.07, 6.45) is 0. The van der Waals surface area contributed by atoms with Gasteiger partial charge in [-0.3, -0.25) is 18.7 Å². The van der Waals surface area contributed by atoms with Crippen LogP contribution in [0.4, 0.5) is 11.4 Å². The Morgan fingerprint density at radius 1 is 0.674 bits per heavy atom. The Kier molecular flexibility index (Phi) is 5.94. The van der Waals surface area contributed by atoms with Gasteiger partial charge in [0.15, 0.2) is 10.9 Å². The minimum atomic E-state index is -5.26. The second-order valence-corrected chi connectivity index (χ2v) is 12.4. The van der Waals surface area contributed by atoms with Gasteiger partial charge in [0.05, 0.1) is 43.3 Å². The van der Waals surface area contributed by atoms with Crippen molar-refractivity contribution >= 4 is 63.9 Å². The molecule has 13 nitrogen and oxygen atoms in total. The molecule has 4 aromatic carbocycles. The molecule has 0 heterocycles. The van der Waals surface area contributed by atoms with E-state index < -0.39 is 95.7 Å². The largest absolute Gasteiger partial charge is 0.507 e. The second-order valence-electron chi connectivity index (χ2n) is 9.59. The zero-order valence-electron chi connectivity index (χ0n) is 21.4. The number of nitrogens with one attached hydrogen (secondary N) is 1. The fourth-order valence-corrected chi connectivity index (χ4v) is 6.59. The molecule has 2 aliphatic carbocycles. The topological polar surface area (TPSA) is 246 Å². The van der Waals surface area contributed by atoms with E-state index >= 15 is 0 Å². The highest BCUT2D eigenvalue weighted by Crippen LogP contribution is 2.49. The zero-order chi connectivity index (χ0) is 31.2. The molecule has 0 aliphatic heterocycles. The van der Waals surface area contributed by atoms with Crippen molar-refractivity contribution in [1.29, 1.82) is 5.41 Å². The number of aromatic hydroxyl groups is 2. The number of nitrogen functional groups attached to an aromatic ring is 1. The van der Waals surface area contributed by atoms with Gasteiger partial charge in [-0.1, -0.05) is 48.5 Å². The Morgan fingerprint density at radius 2 is 1.14 bits per heavy atom. The predicted molar refractivity (Wildman–Crippen MR) is 154 cm³/mol. The first-order valence-electron chi connectivity index (χ1n) is 12.1. The second kappa shape index (κ2) is 9.14. The van der Waals surface area contributed by atoms with Crippen LogP contribution >= 0.6 is 0 Å². The number of fused-ring (bicyclic) bond motifs is 3. The molecule has 7 N–H and O–H groups in total. The third-order valence-electron chi connectivity index (χ3n) is 7.14. The Morgan fingerprint density at radius 3 is 1.65 bits per heavy atom. The van der Waals surface area contributed by atoms with Gasteiger partial charge in [-0.05, 0) is 12.1 Å². The number of nitrogens with two attached hydrogens (primary N) is 1. The zero-order valence-corrected chi connectivity index (χ0v) is 23.0. The van der Waals surface area contributed by atoms with Crippen molar-refractivity contribution in [3.05, 3.63) is 102 Å². The van der Waals surface area contributed by atoms with Gasteiger partial charge in [0.2, 0.25) is 0 Å². The third-order valence-corrected chi connectivity index (χ3v) is 8.90. The molecular formula is C28H17N3O10S2. The lowest BCUT2D eigenvalue weighted by atomic mass is 9.98. The standard InChI is InChI=1S/C28H17N3O10S2/c29-15-9-18(43(39,40)41)24(22-19(15)25(32)11-5-1-4-8-14(11)28(22)35)31-16-10-17(42(36,37)38)23(30)21-20(16)26(33)12-6-2-3-7-13(12)27(21)34/h1-10,29,33-34H,30H2,(H,36,37,38)(H,39,40,41). The van der Waals surface area contributed by atoms with E-state index in [0.29, 0.717) is 12.1 Å². The first-order valence-corrected chi connectivity index (χ1v) is 15.0. The van der Waals surface area contributed by atoms with Gasteiger partial charge in [-0.2, -0.15) is 16.8 Å². The van der Waals surface area contributed by atoms with Crippen LogP contribution in [0.1, 0.15) is 0 Å².